The molecule has 14 heavy (non-hydrogen) atoms. The monoisotopic (exact) mass is 231 g/mol. The van der Waals surface area contributed by atoms with Crippen molar-refractivity contribution in [2.24, 2.45) is 5.41 Å². The highest BCUT2D eigenvalue weighted by molar-refractivity contribution is 8.14. The Morgan fingerprint density at radius 1 is 1.43 bits per heavy atom. The van der Waals surface area contributed by atoms with E-state index in [9.17, 15) is 9.59 Å². The smallest absolute Gasteiger partial charge is 0.273 e. The number of nitrogens with zero attached hydrogens (tertiary/aromatic N) is 1. The molecule has 78 valence electrons. The Morgan fingerprint density at radius 3 is 2.50 bits per heavy atom. The second kappa shape index (κ2) is 3.77. The van der Waals surface area contributed by atoms with Gasteiger partial charge in [-0.05, 0) is 24.0 Å². The molecule has 1 saturated carbocycles. The van der Waals surface area contributed by atoms with Gasteiger partial charge >= 0.3 is 0 Å². The lowest BCUT2D eigenvalue weighted by Crippen LogP contribution is -2.45. The second-order valence-electron chi connectivity index (χ2n) is 4.05. The molecule has 0 atom stereocenters. The highest BCUT2D eigenvalue weighted by Crippen LogP contribution is 2.43. The van der Waals surface area contributed by atoms with Crippen molar-refractivity contribution in [1.29, 1.82) is 0 Å². The fourth-order valence-electron chi connectivity index (χ4n) is 1.91. The first-order valence-electron chi connectivity index (χ1n) is 4.75. The van der Waals surface area contributed by atoms with Gasteiger partial charge in [0.2, 0.25) is 5.91 Å². The maximum absolute atomic E-state index is 11.4. The Kier molecular flexibility index (Phi) is 2.79. The zero-order valence-corrected chi connectivity index (χ0v) is 9.57. The summed E-state index contributed by atoms with van der Waals surface area (Å²) >= 11 is 5.42. The van der Waals surface area contributed by atoms with Gasteiger partial charge in [0.05, 0.1) is 5.75 Å². The maximum atomic E-state index is 11.4. The van der Waals surface area contributed by atoms with Crippen LogP contribution in [0.1, 0.15) is 19.3 Å². The molecule has 0 radical (unpaired) electrons. The van der Waals surface area contributed by atoms with Gasteiger partial charge in [-0.3, -0.25) is 14.5 Å². The Labute approximate surface area is 93.0 Å². The number of thiol groups is 1. The van der Waals surface area contributed by atoms with Crippen molar-refractivity contribution in [2.75, 3.05) is 18.1 Å². The number of thioether (sulfide) groups is 1. The average molecular weight is 231 g/mol. The third-order valence-electron chi connectivity index (χ3n) is 3.08. The van der Waals surface area contributed by atoms with Crippen LogP contribution >= 0.6 is 24.4 Å². The molecule has 1 saturated heterocycles. The lowest BCUT2D eigenvalue weighted by atomic mass is 9.70. The first-order valence-corrected chi connectivity index (χ1v) is 6.37. The van der Waals surface area contributed by atoms with E-state index < -0.39 is 0 Å². The summed E-state index contributed by atoms with van der Waals surface area (Å²) in [6.07, 6.45) is 3.39. The summed E-state index contributed by atoms with van der Waals surface area (Å²) < 4.78 is 0. The fourth-order valence-corrected chi connectivity index (χ4v) is 3.05. The summed E-state index contributed by atoms with van der Waals surface area (Å²) in [7, 11) is 0. The molecule has 1 aliphatic heterocycles. The van der Waals surface area contributed by atoms with Gasteiger partial charge in [0.1, 0.15) is 0 Å². The van der Waals surface area contributed by atoms with Crippen LogP contribution in [0.25, 0.3) is 0 Å². The van der Waals surface area contributed by atoms with Crippen LogP contribution in [0.2, 0.25) is 0 Å². The topological polar surface area (TPSA) is 37.4 Å². The Hall–Kier alpha value is -0.160. The van der Waals surface area contributed by atoms with E-state index in [0.29, 0.717) is 12.3 Å². The van der Waals surface area contributed by atoms with Crippen molar-refractivity contribution in [3.05, 3.63) is 0 Å². The average Bonchev–Trinajstić information content (AvgIpc) is 2.41. The van der Waals surface area contributed by atoms with Gasteiger partial charge in [-0.1, -0.05) is 18.2 Å². The molecule has 0 N–H and O–H groups in total. The number of imide groups is 1. The lowest BCUT2D eigenvalue weighted by Gasteiger charge is -2.42. The minimum atomic E-state index is -0.0805. The summed E-state index contributed by atoms with van der Waals surface area (Å²) in [6.45, 7) is 0.584. The third-order valence-corrected chi connectivity index (χ3v) is 4.61. The zero-order valence-electron chi connectivity index (χ0n) is 7.86. The van der Waals surface area contributed by atoms with E-state index in [2.05, 4.69) is 12.6 Å². The lowest BCUT2D eigenvalue weighted by molar-refractivity contribution is -0.126. The van der Waals surface area contributed by atoms with Crippen LogP contribution in [-0.4, -0.2) is 34.1 Å². The first-order chi connectivity index (χ1) is 6.67. The summed E-state index contributed by atoms with van der Waals surface area (Å²) in [5.41, 5.74) is 0.124. The van der Waals surface area contributed by atoms with Crippen molar-refractivity contribution in [3.8, 4) is 0 Å². The molecule has 2 fully saturated rings. The van der Waals surface area contributed by atoms with Gasteiger partial charge in [-0.25, -0.2) is 0 Å². The van der Waals surface area contributed by atoms with Crippen LogP contribution in [0.4, 0.5) is 4.79 Å². The molecule has 1 aliphatic carbocycles. The van der Waals surface area contributed by atoms with Crippen molar-refractivity contribution in [3.63, 3.8) is 0 Å². The number of rotatable bonds is 3. The quantitative estimate of drug-likeness (QED) is 0.752. The molecule has 0 aromatic heterocycles. The van der Waals surface area contributed by atoms with Gasteiger partial charge in [0, 0.05) is 6.54 Å². The molecule has 0 spiro atoms. The molecule has 5 heteroatoms. The minimum Gasteiger partial charge on any atom is -0.273 e. The van der Waals surface area contributed by atoms with Crippen LogP contribution in [0, 0.1) is 5.41 Å². The summed E-state index contributed by atoms with van der Waals surface area (Å²) in [5.74, 6) is 1.06. The van der Waals surface area contributed by atoms with Crippen LogP contribution in [0.5, 0.6) is 0 Å². The first kappa shape index (κ1) is 10.4. The Balaban J connectivity index is 2.02. The molecule has 2 rings (SSSR count). The standard InChI is InChI=1S/C9H13NO2S2/c11-7-4-14-8(12)10(7)5-9(6-13)2-1-3-9/h13H,1-6H2. The molecule has 0 bridgehead atoms. The Morgan fingerprint density at radius 2 is 2.14 bits per heavy atom. The minimum absolute atomic E-state index is 0.0342. The zero-order chi connectivity index (χ0) is 10.2. The van der Waals surface area contributed by atoms with Crippen LogP contribution in [0.3, 0.4) is 0 Å². The number of carbonyl (C=O) groups excluding carboxylic acids is 2. The number of carbonyl (C=O) groups is 2. The van der Waals surface area contributed by atoms with Crippen LogP contribution < -0.4 is 0 Å². The molecule has 0 aromatic rings. The van der Waals surface area contributed by atoms with Gasteiger partial charge in [0.15, 0.2) is 0 Å². The van der Waals surface area contributed by atoms with E-state index in [1.807, 2.05) is 0 Å². The van der Waals surface area contributed by atoms with E-state index in [1.54, 1.807) is 0 Å². The number of hydrogen-bond acceptors (Lipinski definition) is 4. The molecule has 0 aromatic carbocycles. The Bertz CT molecular complexity index is 254. The van der Waals surface area contributed by atoms with E-state index in [0.717, 1.165) is 30.4 Å². The van der Waals surface area contributed by atoms with E-state index >= 15 is 0 Å². The van der Waals surface area contributed by atoms with E-state index in [4.69, 9.17) is 0 Å². The van der Waals surface area contributed by atoms with Gasteiger partial charge < -0.3 is 0 Å². The van der Waals surface area contributed by atoms with Crippen LogP contribution in [-0.2, 0) is 4.79 Å². The predicted molar refractivity (Wildman–Crippen MR) is 59.7 cm³/mol. The summed E-state index contributed by atoms with van der Waals surface area (Å²) in [4.78, 5) is 24.1. The highest BCUT2D eigenvalue weighted by atomic mass is 32.2. The molecule has 3 nitrogen and oxygen atoms in total. The third kappa shape index (κ3) is 1.67. The largest absolute Gasteiger partial charge is 0.288 e. The molecular weight excluding hydrogens is 218 g/mol. The molecule has 0 unspecified atom stereocenters. The molecule has 2 amide bonds. The predicted octanol–water partition coefficient (Wildman–Crippen LogP) is 1.78. The normalized spacial score (nSPS) is 25.4. The molecule has 2 aliphatic rings. The number of hydrogen-bond donors (Lipinski definition) is 1. The maximum Gasteiger partial charge on any atom is 0.288 e. The van der Waals surface area contributed by atoms with Crippen molar-refractivity contribution in [1.82, 2.24) is 4.90 Å². The van der Waals surface area contributed by atoms with Crippen LogP contribution in [0.15, 0.2) is 0 Å². The van der Waals surface area contributed by atoms with Gasteiger partial charge in [0.25, 0.3) is 5.24 Å². The SMILES string of the molecule is O=C1CSC(=O)N1CC1(CS)CCC1. The molecular formula is C9H13NO2S2. The fraction of sp³-hybridized carbons (Fsp3) is 0.778. The second-order valence-corrected chi connectivity index (χ2v) is 5.29. The van der Waals surface area contributed by atoms with E-state index in [1.165, 1.54) is 11.3 Å². The van der Waals surface area contributed by atoms with Crippen molar-refractivity contribution in [2.45, 2.75) is 19.3 Å². The van der Waals surface area contributed by atoms with E-state index in [-0.39, 0.29) is 16.6 Å². The summed E-state index contributed by atoms with van der Waals surface area (Å²) in [6, 6.07) is 0. The van der Waals surface area contributed by atoms with Crippen molar-refractivity contribution < 1.29 is 9.59 Å². The van der Waals surface area contributed by atoms with Gasteiger partial charge in [-0.2, -0.15) is 12.6 Å². The highest BCUT2D eigenvalue weighted by Gasteiger charge is 2.42. The summed E-state index contributed by atoms with van der Waals surface area (Å²) in [5, 5.41) is -0.0805. The van der Waals surface area contributed by atoms with Gasteiger partial charge in [-0.15, -0.1) is 0 Å². The number of amides is 2. The van der Waals surface area contributed by atoms with Crippen molar-refractivity contribution >= 4 is 35.5 Å². The molecule has 1 heterocycles.